The van der Waals surface area contributed by atoms with Crippen molar-refractivity contribution in [2.75, 3.05) is 20.3 Å². The normalized spacial score (nSPS) is 17.6. The first-order chi connectivity index (χ1) is 8.27. The fourth-order valence-electron chi connectivity index (χ4n) is 2.32. The number of ether oxygens (including phenoxy) is 2. The molecule has 1 heterocycles. The standard InChI is InChI=1S/C14H21NO2/c1-4-10(2)13(15-3)11-6-5-7-12-14(11)17-9-8-16-12/h5-7,10,13,15H,4,8-9H2,1-3H3. The number of hydrogen-bond donors (Lipinski definition) is 1. The van der Waals surface area contributed by atoms with Gasteiger partial charge >= 0.3 is 0 Å². The summed E-state index contributed by atoms with van der Waals surface area (Å²) in [6, 6.07) is 6.45. The van der Waals surface area contributed by atoms with Crippen LogP contribution in [-0.2, 0) is 0 Å². The molecule has 0 aromatic heterocycles. The Morgan fingerprint density at radius 3 is 2.76 bits per heavy atom. The number of hydrogen-bond acceptors (Lipinski definition) is 3. The van der Waals surface area contributed by atoms with Gasteiger partial charge in [0.25, 0.3) is 0 Å². The first kappa shape index (κ1) is 12.2. The number of nitrogens with one attached hydrogen (secondary N) is 1. The molecular formula is C14H21NO2. The minimum atomic E-state index is 0.316. The van der Waals surface area contributed by atoms with Crippen molar-refractivity contribution < 1.29 is 9.47 Å². The molecule has 1 aliphatic rings. The Labute approximate surface area is 103 Å². The summed E-state index contributed by atoms with van der Waals surface area (Å²) in [6.45, 7) is 5.75. The van der Waals surface area contributed by atoms with Crippen molar-refractivity contribution in [3.63, 3.8) is 0 Å². The second-order valence-corrected chi connectivity index (χ2v) is 4.52. The van der Waals surface area contributed by atoms with E-state index in [0.717, 1.165) is 17.9 Å². The lowest BCUT2D eigenvalue weighted by Crippen LogP contribution is -2.25. The summed E-state index contributed by atoms with van der Waals surface area (Å²) in [5.74, 6) is 2.35. The molecule has 2 atom stereocenters. The summed E-state index contributed by atoms with van der Waals surface area (Å²) in [7, 11) is 2.00. The molecule has 2 rings (SSSR count). The third-order valence-corrected chi connectivity index (χ3v) is 3.46. The van der Waals surface area contributed by atoms with Gasteiger partial charge in [-0.3, -0.25) is 0 Å². The van der Waals surface area contributed by atoms with Crippen LogP contribution in [0.15, 0.2) is 18.2 Å². The average molecular weight is 235 g/mol. The molecule has 0 radical (unpaired) electrons. The van der Waals surface area contributed by atoms with E-state index in [1.165, 1.54) is 5.56 Å². The highest BCUT2D eigenvalue weighted by Crippen LogP contribution is 2.39. The summed E-state index contributed by atoms with van der Waals surface area (Å²) in [5.41, 5.74) is 1.21. The van der Waals surface area contributed by atoms with Crippen molar-refractivity contribution in [2.24, 2.45) is 5.92 Å². The van der Waals surface area contributed by atoms with Crippen LogP contribution >= 0.6 is 0 Å². The van der Waals surface area contributed by atoms with Gasteiger partial charge in [-0.2, -0.15) is 0 Å². The Kier molecular flexibility index (Phi) is 3.89. The zero-order valence-electron chi connectivity index (χ0n) is 10.8. The average Bonchev–Trinajstić information content (AvgIpc) is 2.39. The molecule has 0 saturated heterocycles. The molecule has 1 aliphatic heterocycles. The fourth-order valence-corrected chi connectivity index (χ4v) is 2.32. The lowest BCUT2D eigenvalue weighted by molar-refractivity contribution is 0.167. The Balaban J connectivity index is 2.36. The molecule has 0 fully saturated rings. The molecular weight excluding hydrogens is 214 g/mol. The van der Waals surface area contributed by atoms with Gasteiger partial charge in [-0.05, 0) is 19.0 Å². The van der Waals surface area contributed by atoms with Gasteiger partial charge in [0, 0.05) is 11.6 Å². The molecule has 1 aromatic carbocycles. The molecule has 0 amide bonds. The van der Waals surface area contributed by atoms with Crippen molar-refractivity contribution in [1.29, 1.82) is 0 Å². The predicted molar refractivity (Wildman–Crippen MR) is 68.7 cm³/mol. The lowest BCUT2D eigenvalue weighted by Gasteiger charge is -2.28. The van der Waals surface area contributed by atoms with E-state index in [2.05, 4.69) is 25.2 Å². The molecule has 0 spiro atoms. The van der Waals surface area contributed by atoms with Crippen LogP contribution in [0.1, 0.15) is 31.9 Å². The van der Waals surface area contributed by atoms with Gasteiger partial charge in [0.1, 0.15) is 13.2 Å². The van der Waals surface area contributed by atoms with E-state index in [1.54, 1.807) is 0 Å². The monoisotopic (exact) mass is 235 g/mol. The Morgan fingerprint density at radius 2 is 2.06 bits per heavy atom. The van der Waals surface area contributed by atoms with Gasteiger partial charge in [-0.25, -0.2) is 0 Å². The topological polar surface area (TPSA) is 30.5 Å². The smallest absolute Gasteiger partial charge is 0.166 e. The largest absolute Gasteiger partial charge is 0.486 e. The van der Waals surface area contributed by atoms with Gasteiger partial charge in [0.05, 0.1) is 0 Å². The summed E-state index contributed by atoms with van der Waals surface area (Å²) < 4.78 is 11.4. The van der Waals surface area contributed by atoms with Crippen LogP contribution in [-0.4, -0.2) is 20.3 Å². The molecule has 1 N–H and O–H groups in total. The van der Waals surface area contributed by atoms with Crippen LogP contribution in [0.4, 0.5) is 0 Å². The zero-order valence-corrected chi connectivity index (χ0v) is 10.8. The SMILES string of the molecule is CCC(C)C(NC)c1cccc2c1OCCO2. The van der Waals surface area contributed by atoms with Crippen molar-refractivity contribution >= 4 is 0 Å². The van der Waals surface area contributed by atoms with E-state index in [1.807, 2.05) is 19.2 Å². The van der Waals surface area contributed by atoms with E-state index >= 15 is 0 Å². The van der Waals surface area contributed by atoms with Gasteiger partial charge in [-0.15, -0.1) is 0 Å². The summed E-state index contributed by atoms with van der Waals surface area (Å²) in [5, 5.41) is 3.38. The van der Waals surface area contributed by atoms with Crippen LogP contribution in [0.2, 0.25) is 0 Å². The van der Waals surface area contributed by atoms with Crippen molar-refractivity contribution in [3.8, 4) is 11.5 Å². The fraction of sp³-hybridized carbons (Fsp3) is 0.571. The van der Waals surface area contributed by atoms with Crippen LogP contribution in [0.5, 0.6) is 11.5 Å². The number of rotatable bonds is 4. The van der Waals surface area contributed by atoms with Gasteiger partial charge in [0.15, 0.2) is 11.5 Å². The highest BCUT2D eigenvalue weighted by Gasteiger charge is 2.24. The predicted octanol–water partition coefficient (Wildman–Crippen LogP) is 2.76. The molecule has 0 aliphatic carbocycles. The van der Waals surface area contributed by atoms with E-state index in [-0.39, 0.29) is 0 Å². The second kappa shape index (κ2) is 5.41. The van der Waals surface area contributed by atoms with Crippen molar-refractivity contribution in [2.45, 2.75) is 26.3 Å². The zero-order chi connectivity index (χ0) is 12.3. The maximum atomic E-state index is 5.77. The van der Waals surface area contributed by atoms with E-state index in [9.17, 15) is 0 Å². The van der Waals surface area contributed by atoms with E-state index < -0.39 is 0 Å². The molecule has 0 bridgehead atoms. The quantitative estimate of drug-likeness (QED) is 0.870. The van der Waals surface area contributed by atoms with E-state index in [0.29, 0.717) is 25.2 Å². The minimum Gasteiger partial charge on any atom is -0.486 e. The molecule has 1 aromatic rings. The van der Waals surface area contributed by atoms with Crippen LogP contribution in [0, 0.1) is 5.92 Å². The number of benzene rings is 1. The van der Waals surface area contributed by atoms with Crippen LogP contribution in [0.3, 0.4) is 0 Å². The molecule has 3 heteroatoms. The van der Waals surface area contributed by atoms with Gasteiger partial charge in [0.2, 0.25) is 0 Å². The molecule has 94 valence electrons. The molecule has 3 nitrogen and oxygen atoms in total. The molecule has 17 heavy (non-hydrogen) atoms. The first-order valence-electron chi connectivity index (χ1n) is 6.33. The highest BCUT2D eigenvalue weighted by molar-refractivity contribution is 5.49. The number of para-hydroxylation sites is 1. The summed E-state index contributed by atoms with van der Waals surface area (Å²) in [4.78, 5) is 0. The Bertz CT molecular complexity index is 378. The highest BCUT2D eigenvalue weighted by atomic mass is 16.6. The van der Waals surface area contributed by atoms with Crippen molar-refractivity contribution in [3.05, 3.63) is 23.8 Å². The second-order valence-electron chi connectivity index (χ2n) is 4.52. The summed E-state index contributed by atoms with van der Waals surface area (Å²) >= 11 is 0. The third kappa shape index (κ3) is 2.39. The van der Waals surface area contributed by atoms with E-state index in [4.69, 9.17) is 9.47 Å². The van der Waals surface area contributed by atoms with Gasteiger partial charge < -0.3 is 14.8 Å². The maximum Gasteiger partial charge on any atom is 0.166 e. The Hall–Kier alpha value is -1.22. The van der Waals surface area contributed by atoms with Crippen molar-refractivity contribution in [1.82, 2.24) is 5.32 Å². The van der Waals surface area contributed by atoms with Gasteiger partial charge in [-0.1, -0.05) is 32.4 Å². The maximum absolute atomic E-state index is 5.77. The number of fused-ring (bicyclic) bond motifs is 1. The molecule has 2 unspecified atom stereocenters. The van der Waals surface area contributed by atoms with Crippen LogP contribution in [0.25, 0.3) is 0 Å². The first-order valence-corrected chi connectivity index (χ1v) is 6.33. The lowest BCUT2D eigenvalue weighted by atomic mass is 9.91. The molecule has 0 saturated carbocycles. The van der Waals surface area contributed by atoms with Crippen LogP contribution < -0.4 is 14.8 Å². The Morgan fingerprint density at radius 1 is 1.29 bits per heavy atom. The minimum absolute atomic E-state index is 0.316. The summed E-state index contributed by atoms with van der Waals surface area (Å²) in [6.07, 6.45) is 1.13. The third-order valence-electron chi connectivity index (χ3n) is 3.46.